The molecule has 0 aliphatic carbocycles. The first-order chi connectivity index (χ1) is 15.8. The maximum atomic E-state index is 10.3. The molecule has 0 aliphatic rings. The lowest BCUT2D eigenvalue weighted by Gasteiger charge is -2.18. The summed E-state index contributed by atoms with van der Waals surface area (Å²) in [6.45, 7) is 4.01. The van der Waals surface area contributed by atoms with Crippen LogP contribution in [0.1, 0.15) is 20.3 Å². The fourth-order valence-electron chi connectivity index (χ4n) is 2.78. The highest BCUT2D eigenvalue weighted by Gasteiger charge is 2.14. The van der Waals surface area contributed by atoms with E-state index in [0.29, 0.717) is 6.61 Å². The molecule has 0 bridgehead atoms. The number of carbonyl (C=O) groups excluding carboxylic acids is 1. The summed E-state index contributed by atoms with van der Waals surface area (Å²) in [7, 11) is 3.54. The smallest absolute Gasteiger partial charge is 0.302 e. The van der Waals surface area contributed by atoms with Crippen molar-refractivity contribution in [1.29, 1.82) is 0 Å². The van der Waals surface area contributed by atoms with E-state index in [4.69, 9.17) is 14.6 Å². The molecule has 0 saturated heterocycles. The Kier molecular flexibility index (Phi) is 14.1. The largest absolute Gasteiger partial charge is 0.481 e. The monoisotopic (exact) mass is 467 g/mol. The molecule has 3 rings (SSSR count). The number of hydrogen-bond donors (Lipinski definition) is 1. The van der Waals surface area contributed by atoms with Crippen LogP contribution in [0.25, 0.3) is 0 Å². The summed E-state index contributed by atoms with van der Waals surface area (Å²) in [4.78, 5) is 21.3. The first kappa shape index (κ1) is 28.0. The molecular weight excluding hydrogens is 433 g/mol. The number of aliphatic carboxylic acids is 1. The van der Waals surface area contributed by atoms with Crippen LogP contribution in [0, 0.1) is 0 Å². The van der Waals surface area contributed by atoms with Crippen molar-refractivity contribution in [3.05, 3.63) is 91.0 Å². The zero-order valence-electron chi connectivity index (χ0n) is 19.8. The van der Waals surface area contributed by atoms with Crippen molar-refractivity contribution >= 4 is 35.8 Å². The molecule has 5 nitrogen and oxygen atoms in total. The molecule has 0 fully saturated rings. The van der Waals surface area contributed by atoms with Crippen LogP contribution < -0.4 is 15.9 Å². The highest BCUT2D eigenvalue weighted by Crippen LogP contribution is 2.32. The van der Waals surface area contributed by atoms with E-state index in [0.717, 1.165) is 19.9 Å². The summed E-state index contributed by atoms with van der Waals surface area (Å²) < 4.78 is 4.73. The van der Waals surface area contributed by atoms with Crippen molar-refractivity contribution < 1.29 is 19.4 Å². The van der Waals surface area contributed by atoms with E-state index in [1.165, 1.54) is 22.8 Å². The fraction of sp³-hybridized carbons (Fsp3) is 0.259. The number of ether oxygens (including phenoxy) is 1. The maximum Gasteiger partial charge on any atom is 0.302 e. The van der Waals surface area contributed by atoms with E-state index in [1.807, 2.05) is 14.1 Å². The minimum atomic E-state index is -0.833. The molecule has 6 heteroatoms. The van der Waals surface area contributed by atoms with Crippen molar-refractivity contribution in [2.24, 2.45) is 0 Å². The summed E-state index contributed by atoms with van der Waals surface area (Å²) in [5, 5.41) is 11.6. The van der Waals surface area contributed by atoms with Crippen molar-refractivity contribution in [2.75, 3.05) is 27.2 Å². The lowest BCUT2D eigenvalue weighted by atomic mass is 10.4. The Balaban J connectivity index is 0.000000329. The third-order valence-corrected chi connectivity index (χ3v) is 6.54. The number of nitrogens with zero attached hydrogens (tertiary/aromatic N) is 1. The summed E-state index contributed by atoms with van der Waals surface area (Å²) in [5.41, 5.74) is 0. The SMILES string of the molecule is CC(=O)O.CC(=O)OCCCN(C)C.c1ccc(P(c2ccccc2)c2ccccc2)cc1. The van der Waals surface area contributed by atoms with Gasteiger partial charge in [-0.1, -0.05) is 91.0 Å². The van der Waals surface area contributed by atoms with E-state index in [-0.39, 0.29) is 5.97 Å². The molecule has 33 heavy (non-hydrogen) atoms. The number of rotatable bonds is 7. The fourth-order valence-corrected chi connectivity index (χ4v) is 5.08. The van der Waals surface area contributed by atoms with Gasteiger partial charge in [-0.3, -0.25) is 9.59 Å². The van der Waals surface area contributed by atoms with Gasteiger partial charge in [0.2, 0.25) is 0 Å². The van der Waals surface area contributed by atoms with Crippen molar-refractivity contribution in [3.63, 3.8) is 0 Å². The van der Waals surface area contributed by atoms with E-state index in [2.05, 4.69) is 95.9 Å². The quantitative estimate of drug-likeness (QED) is 0.323. The van der Waals surface area contributed by atoms with Gasteiger partial charge in [-0.05, 0) is 44.4 Å². The maximum absolute atomic E-state index is 10.3. The van der Waals surface area contributed by atoms with Gasteiger partial charge in [0.05, 0.1) is 6.61 Å². The Hall–Kier alpha value is -3.01. The van der Waals surface area contributed by atoms with Gasteiger partial charge in [-0.2, -0.15) is 0 Å². The minimum Gasteiger partial charge on any atom is -0.481 e. The normalized spacial score (nSPS) is 9.88. The van der Waals surface area contributed by atoms with E-state index >= 15 is 0 Å². The van der Waals surface area contributed by atoms with Gasteiger partial charge in [0.1, 0.15) is 0 Å². The van der Waals surface area contributed by atoms with Gasteiger partial charge < -0.3 is 14.7 Å². The molecule has 3 aromatic carbocycles. The molecular formula is C27H34NO4P. The minimum absolute atomic E-state index is 0.196. The summed E-state index contributed by atoms with van der Waals surface area (Å²) in [6.07, 6.45) is 0.909. The first-order valence-electron chi connectivity index (χ1n) is 10.7. The predicted octanol–water partition coefficient (Wildman–Crippen LogP) is 4.04. The van der Waals surface area contributed by atoms with Crippen LogP contribution in [-0.4, -0.2) is 49.2 Å². The van der Waals surface area contributed by atoms with Crippen LogP contribution in [-0.2, 0) is 14.3 Å². The van der Waals surface area contributed by atoms with Crippen molar-refractivity contribution in [2.45, 2.75) is 20.3 Å². The number of carboxylic acid groups (broad SMARTS) is 1. The number of esters is 1. The summed E-state index contributed by atoms with van der Waals surface area (Å²) >= 11 is 0. The molecule has 0 unspecified atom stereocenters. The number of benzene rings is 3. The van der Waals surface area contributed by atoms with Crippen molar-refractivity contribution in [3.8, 4) is 0 Å². The molecule has 0 spiro atoms. The Morgan fingerprint density at radius 3 is 1.36 bits per heavy atom. The Morgan fingerprint density at radius 1 is 0.758 bits per heavy atom. The first-order valence-corrected chi connectivity index (χ1v) is 12.1. The second kappa shape index (κ2) is 16.6. The molecule has 0 aromatic heterocycles. The zero-order chi connectivity index (χ0) is 24.5. The standard InChI is InChI=1S/C18H15P.C7H15NO2.C2H4O2/c1-4-10-16(11-5-1)19(17-12-6-2-7-13-17)18-14-8-3-9-15-18;1-7(9)10-6-4-5-8(2)3;1-2(3)4/h1-15H;4-6H2,1-3H3;1H3,(H,3,4). The molecule has 0 radical (unpaired) electrons. The van der Waals surface area contributed by atoms with Crippen LogP contribution >= 0.6 is 7.92 Å². The molecule has 0 atom stereocenters. The van der Waals surface area contributed by atoms with Crippen LogP contribution in [0.15, 0.2) is 91.0 Å². The second-order valence-electron chi connectivity index (χ2n) is 7.36. The van der Waals surface area contributed by atoms with Gasteiger partial charge in [0.25, 0.3) is 5.97 Å². The van der Waals surface area contributed by atoms with Crippen LogP contribution in [0.3, 0.4) is 0 Å². The van der Waals surface area contributed by atoms with Gasteiger partial charge in [0, 0.05) is 20.4 Å². The third kappa shape index (κ3) is 13.2. The predicted molar refractivity (Wildman–Crippen MR) is 138 cm³/mol. The molecule has 3 aromatic rings. The number of carboxylic acids is 1. The second-order valence-corrected chi connectivity index (χ2v) is 9.58. The van der Waals surface area contributed by atoms with Gasteiger partial charge in [0.15, 0.2) is 0 Å². The van der Waals surface area contributed by atoms with Gasteiger partial charge in [-0.25, -0.2) is 0 Å². The summed E-state index contributed by atoms with van der Waals surface area (Å²) in [6, 6.07) is 32.3. The third-order valence-electron chi connectivity index (χ3n) is 4.10. The molecule has 0 saturated carbocycles. The molecule has 0 heterocycles. The van der Waals surface area contributed by atoms with Crippen molar-refractivity contribution in [1.82, 2.24) is 4.90 Å². The zero-order valence-corrected chi connectivity index (χ0v) is 20.7. The Labute approximate surface area is 198 Å². The van der Waals surface area contributed by atoms with Crippen LogP contribution in [0.2, 0.25) is 0 Å². The topological polar surface area (TPSA) is 66.8 Å². The van der Waals surface area contributed by atoms with E-state index < -0.39 is 13.9 Å². The van der Waals surface area contributed by atoms with Gasteiger partial charge in [-0.15, -0.1) is 0 Å². The molecule has 1 N–H and O–H groups in total. The Morgan fingerprint density at radius 2 is 1.09 bits per heavy atom. The molecule has 0 amide bonds. The average molecular weight is 468 g/mol. The van der Waals surface area contributed by atoms with Crippen LogP contribution in [0.4, 0.5) is 0 Å². The Bertz CT molecular complexity index is 821. The summed E-state index contributed by atoms with van der Waals surface area (Å²) in [5.74, 6) is -1.03. The number of carbonyl (C=O) groups is 2. The van der Waals surface area contributed by atoms with E-state index in [9.17, 15) is 4.79 Å². The lowest BCUT2D eigenvalue weighted by molar-refractivity contribution is -0.141. The van der Waals surface area contributed by atoms with E-state index in [1.54, 1.807) is 0 Å². The van der Waals surface area contributed by atoms with Gasteiger partial charge >= 0.3 is 5.97 Å². The molecule has 0 aliphatic heterocycles. The highest BCUT2D eigenvalue weighted by atomic mass is 31.1. The van der Waals surface area contributed by atoms with Crippen LogP contribution in [0.5, 0.6) is 0 Å². The highest BCUT2D eigenvalue weighted by molar-refractivity contribution is 7.79. The molecule has 176 valence electrons. The lowest BCUT2D eigenvalue weighted by Crippen LogP contribution is -2.20. The average Bonchev–Trinajstić information content (AvgIpc) is 2.79. The number of hydrogen-bond acceptors (Lipinski definition) is 4.